The number of hydrogen-bond donors (Lipinski definition) is 2. The van der Waals surface area contributed by atoms with Crippen LogP contribution in [0, 0.1) is 20.8 Å². The zero-order valence-corrected chi connectivity index (χ0v) is 16.4. The molecule has 0 aliphatic heterocycles. The molecule has 4 aromatic rings. The molecule has 28 heavy (non-hydrogen) atoms. The number of H-pyrrole nitrogens is 1. The van der Waals surface area contributed by atoms with Crippen LogP contribution in [0.4, 0.5) is 0 Å². The highest BCUT2D eigenvalue weighted by Crippen LogP contribution is 2.18. The van der Waals surface area contributed by atoms with Crippen molar-refractivity contribution >= 4 is 22.6 Å². The summed E-state index contributed by atoms with van der Waals surface area (Å²) in [5, 5.41) is 8.63. The first kappa shape index (κ1) is 18.2. The molecule has 0 saturated heterocycles. The molecule has 7 nitrogen and oxygen atoms in total. The number of benzene rings is 1. The van der Waals surface area contributed by atoms with Crippen molar-refractivity contribution in [3.63, 3.8) is 0 Å². The lowest BCUT2D eigenvalue weighted by Gasteiger charge is -2.10. The zero-order chi connectivity index (χ0) is 19.7. The topological polar surface area (TPSA) is 88.0 Å². The van der Waals surface area contributed by atoms with Crippen LogP contribution in [0.5, 0.6) is 0 Å². The predicted molar refractivity (Wildman–Crippen MR) is 108 cm³/mol. The lowest BCUT2D eigenvalue weighted by Crippen LogP contribution is -2.26. The molecule has 0 fully saturated rings. The van der Waals surface area contributed by atoms with E-state index in [0.717, 1.165) is 28.9 Å². The Labute approximate surface area is 163 Å². The highest BCUT2D eigenvalue weighted by molar-refractivity contribution is 5.83. The first-order chi connectivity index (χ1) is 13.5. The number of nitrogens with one attached hydrogen (secondary N) is 2. The Morgan fingerprint density at radius 2 is 1.96 bits per heavy atom. The maximum absolute atomic E-state index is 12.3. The van der Waals surface area contributed by atoms with Gasteiger partial charge in [-0.05, 0) is 50.8 Å². The fourth-order valence-electron chi connectivity index (χ4n) is 3.67. The van der Waals surface area contributed by atoms with Crippen LogP contribution in [0.3, 0.4) is 0 Å². The lowest BCUT2D eigenvalue weighted by atomic mass is 10.1. The highest BCUT2D eigenvalue weighted by atomic mass is 16.1. The van der Waals surface area contributed by atoms with E-state index >= 15 is 0 Å². The Kier molecular flexibility index (Phi) is 4.81. The van der Waals surface area contributed by atoms with E-state index in [-0.39, 0.29) is 5.91 Å². The van der Waals surface area contributed by atoms with E-state index in [1.54, 1.807) is 4.52 Å². The molecule has 0 radical (unpaired) electrons. The summed E-state index contributed by atoms with van der Waals surface area (Å²) in [4.78, 5) is 24.4. The standard InChI is InChI=1S/C21H24N6O/c1-13-17(14(2)27-21(24-13)25-15(3)26-27)8-9-20(28)22-11-10-16-12-23-19-7-5-4-6-18(16)19/h4-7,12,23H,8-11H2,1-3H3,(H,22,28). The summed E-state index contributed by atoms with van der Waals surface area (Å²) >= 11 is 0. The van der Waals surface area contributed by atoms with Gasteiger partial charge in [0.05, 0.1) is 0 Å². The average molecular weight is 376 g/mol. The summed E-state index contributed by atoms with van der Waals surface area (Å²) in [6, 6.07) is 8.21. The molecule has 2 N–H and O–H groups in total. The van der Waals surface area contributed by atoms with Crippen LogP contribution in [0.25, 0.3) is 16.7 Å². The Balaban J connectivity index is 1.35. The van der Waals surface area contributed by atoms with Gasteiger partial charge < -0.3 is 10.3 Å². The third-order valence-electron chi connectivity index (χ3n) is 5.15. The Morgan fingerprint density at radius 1 is 1.14 bits per heavy atom. The quantitative estimate of drug-likeness (QED) is 0.542. The van der Waals surface area contributed by atoms with Gasteiger partial charge in [-0.1, -0.05) is 18.2 Å². The van der Waals surface area contributed by atoms with Gasteiger partial charge in [-0.15, -0.1) is 0 Å². The molecule has 3 heterocycles. The van der Waals surface area contributed by atoms with Crippen LogP contribution in [-0.2, 0) is 17.6 Å². The maximum atomic E-state index is 12.3. The van der Waals surface area contributed by atoms with Crippen molar-refractivity contribution in [3.8, 4) is 0 Å². The minimum absolute atomic E-state index is 0.0495. The van der Waals surface area contributed by atoms with Crippen molar-refractivity contribution in [3.05, 3.63) is 58.8 Å². The van der Waals surface area contributed by atoms with Crippen molar-refractivity contribution < 1.29 is 4.79 Å². The van der Waals surface area contributed by atoms with Crippen LogP contribution in [0.1, 0.15) is 34.8 Å². The van der Waals surface area contributed by atoms with Crippen molar-refractivity contribution in [2.24, 2.45) is 0 Å². The van der Waals surface area contributed by atoms with Gasteiger partial charge in [0.15, 0.2) is 0 Å². The normalized spacial score (nSPS) is 11.4. The fraction of sp³-hybridized carbons (Fsp3) is 0.333. The van der Waals surface area contributed by atoms with Crippen LogP contribution in [-0.4, -0.2) is 37.0 Å². The molecule has 0 bridgehead atoms. The SMILES string of the molecule is Cc1nc2nc(C)c(CCC(=O)NCCc3c[nH]c4ccccc34)c(C)n2n1. The summed E-state index contributed by atoms with van der Waals surface area (Å²) in [5.41, 5.74) is 5.31. The van der Waals surface area contributed by atoms with E-state index < -0.39 is 0 Å². The van der Waals surface area contributed by atoms with Crippen molar-refractivity contribution in [2.45, 2.75) is 40.0 Å². The second-order valence-electron chi connectivity index (χ2n) is 7.09. The summed E-state index contributed by atoms with van der Waals surface area (Å²) in [6.07, 6.45) is 3.89. The predicted octanol–water partition coefficient (Wildman–Crippen LogP) is 2.82. The van der Waals surface area contributed by atoms with Crippen molar-refractivity contribution in [2.75, 3.05) is 6.54 Å². The highest BCUT2D eigenvalue weighted by Gasteiger charge is 2.13. The van der Waals surface area contributed by atoms with E-state index in [4.69, 9.17) is 0 Å². The molecule has 7 heteroatoms. The van der Waals surface area contributed by atoms with Gasteiger partial charge in [-0.25, -0.2) is 9.50 Å². The van der Waals surface area contributed by atoms with Crippen molar-refractivity contribution in [1.82, 2.24) is 29.9 Å². The molecule has 0 aliphatic carbocycles. The molecule has 1 aromatic carbocycles. The molecular formula is C21H24N6O. The summed E-state index contributed by atoms with van der Waals surface area (Å²) in [6.45, 7) is 6.43. The third kappa shape index (κ3) is 3.47. The van der Waals surface area contributed by atoms with E-state index in [9.17, 15) is 4.79 Å². The first-order valence-electron chi connectivity index (χ1n) is 9.54. The number of aryl methyl sites for hydroxylation is 3. The second-order valence-corrected chi connectivity index (χ2v) is 7.09. The summed E-state index contributed by atoms with van der Waals surface area (Å²) in [7, 11) is 0. The second kappa shape index (κ2) is 7.42. The van der Waals surface area contributed by atoms with Gasteiger partial charge >= 0.3 is 0 Å². The Morgan fingerprint density at radius 3 is 2.82 bits per heavy atom. The number of aromatic amines is 1. The number of hydrogen-bond acceptors (Lipinski definition) is 4. The Bertz CT molecular complexity index is 1160. The number of carbonyl (C=O) groups is 1. The number of rotatable bonds is 6. The van der Waals surface area contributed by atoms with E-state index in [1.165, 1.54) is 10.9 Å². The first-order valence-corrected chi connectivity index (χ1v) is 9.54. The Hall–Kier alpha value is -3.22. The fourth-order valence-corrected chi connectivity index (χ4v) is 3.67. The van der Waals surface area contributed by atoms with Crippen LogP contribution >= 0.6 is 0 Å². The van der Waals surface area contributed by atoms with E-state index in [1.807, 2.05) is 39.1 Å². The number of nitrogens with zero attached hydrogens (tertiary/aromatic N) is 4. The molecule has 144 valence electrons. The molecule has 0 spiro atoms. The van der Waals surface area contributed by atoms with Crippen LogP contribution in [0.2, 0.25) is 0 Å². The number of aromatic nitrogens is 5. The average Bonchev–Trinajstić information content (AvgIpc) is 3.25. The minimum atomic E-state index is 0.0495. The van der Waals surface area contributed by atoms with Crippen LogP contribution < -0.4 is 5.32 Å². The van der Waals surface area contributed by atoms with Crippen LogP contribution in [0.15, 0.2) is 30.5 Å². The van der Waals surface area contributed by atoms with Gasteiger partial charge in [0.1, 0.15) is 5.82 Å². The van der Waals surface area contributed by atoms with E-state index in [0.29, 0.717) is 31.0 Å². The molecule has 1 amide bonds. The largest absolute Gasteiger partial charge is 0.361 e. The summed E-state index contributed by atoms with van der Waals surface area (Å²) in [5.74, 6) is 1.36. The third-order valence-corrected chi connectivity index (χ3v) is 5.15. The monoisotopic (exact) mass is 376 g/mol. The number of para-hydroxylation sites is 1. The number of carbonyl (C=O) groups excluding carboxylic acids is 1. The van der Waals surface area contributed by atoms with E-state index in [2.05, 4.69) is 37.5 Å². The molecule has 3 aromatic heterocycles. The molecule has 0 unspecified atom stereocenters. The molecule has 0 atom stereocenters. The summed E-state index contributed by atoms with van der Waals surface area (Å²) < 4.78 is 1.76. The van der Waals surface area contributed by atoms with Crippen molar-refractivity contribution in [1.29, 1.82) is 0 Å². The molecular weight excluding hydrogens is 352 g/mol. The molecule has 0 saturated carbocycles. The van der Waals surface area contributed by atoms with Gasteiger partial charge in [0.2, 0.25) is 5.91 Å². The smallest absolute Gasteiger partial charge is 0.252 e. The number of fused-ring (bicyclic) bond motifs is 2. The zero-order valence-electron chi connectivity index (χ0n) is 16.4. The van der Waals surface area contributed by atoms with Gasteiger partial charge in [0, 0.05) is 41.5 Å². The lowest BCUT2D eigenvalue weighted by molar-refractivity contribution is -0.121. The molecule has 0 aliphatic rings. The maximum Gasteiger partial charge on any atom is 0.252 e. The van der Waals surface area contributed by atoms with Gasteiger partial charge in [0.25, 0.3) is 5.78 Å². The number of amides is 1. The van der Waals surface area contributed by atoms with Gasteiger partial charge in [-0.3, -0.25) is 4.79 Å². The molecule has 4 rings (SSSR count). The van der Waals surface area contributed by atoms with Gasteiger partial charge in [-0.2, -0.15) is 10.1 Å². The minimum Gasteiger partial charge on any atom is -0.361 e.